The van der Waals surface area contributed by atoms with Crippen molar-refractivity contribution in [3.05, 3.63) is 65.0 Å². The first-order chi connectivity index (χ1) is 16.4. The number of benzene rings is 2. The van der Waals surface area contributed by atoms with Crippen LogP contribution >= 0.6 is 0 Å². The molecule has 9 heteroatoms. The SMILES string of the molecule is COc1ccc(/C(O)=C2\C(=O)C(=O)N(CCCN3CCOCC3)C2c2cccc(F)c2)c(O)c1. The zero-order valence-electron chi connectivity index (χ0n) is 18.9. The molecule has 1 unspecified atom stereocenters. The van der Waals surface area contributed by atoms with E-state index in [4.69, 9.17) is 9.47 Å². The normalized spacial score (nSPS) is 20.6. The fraction of sp³-hybridized carbons (Fsp3) is 0.360. The second-order valence-electron chi connectivity index (χ2n) is 8.24. The zero-order valence-corrected chi connectivity index (χ0v) is 18.9. The van der Waals surface area contributed by atoms with E-state index < -0.39 is 29.3 Å². The molecule has 2 aliphatic rings. The van der Waals surface area contributed by atoms with Crippen LogP contribution in [0.2, 0.25) is 0 Å². The summed E-state index contributed by atoms with van der Waals surface area (Å²) in [4.78, 5) is 29.7. The molecule has 2 aliphatic heterocycles. The number of Topliss-reactive ketones (excluding diaryl/α,β-unsaturated/α-hetero) is 1. The molecule has 2 aromatic carbocycles. The standard InChI is InChI=1S/C25H27FN2O6/c1-33-18-6-7-19(20(29)15-18)23(30)21-22(16-4-2-5-17(26)14-16)28(25(32)24(21)31)9-3-8-27-10-12-34-13-11-27/h2,4-7,14-15,22,29-30H,3,8-13H2,1H3/b23-21+. The zero-order chi connectivity index (χ0) is 24.2. The van der Waals surface area contributed by atoms with Crippen LogP contribution in [0.4, 0.5) is 4.39 Å². The highest BCUT2D eigenvalue weighted by Gasteiger charge is 2.46. The van der Waals surface area contributed by atoms with Crippen molar-refractivity contribution in [2.24, 2.45) is 0 Å². The molecule has 1 amide bonds. The summed E-state index contributed by atoms with van der Waals surface area (Å²) in [5.41, 5.74) is 0.149. The van der Waals surface area contributed by atoms with E-state index in [0.29, 0.717) is 37.5 Å². The van der Waals surface area contributed by atoms with Crippen molar-refractivity contribution >= 4 is 17.4 Å². The maximum Gasteiger partial charge on any atom is 0.295 e. The van der Waals surface area contributed by atoms with Gasteiger partial charge in [-0.15, -0.1) is 0 Å². The van der Waals surface area contributed by atoms with Gasteiger partial charge in [0.05, 0.1) is 37.5 Å². The van der Waals surface area contributed by atoms with E-state index in [0.717, 1.165) is 13.1 Å². The van der Waals surface area contributed by atoms with Crippen LogP contribution in [0.25, 0.3) is 5.76 Å². The second-order valence-corrected chi connectivity index (χ2v) is 8.24. The summed E-state index contributed by atoms with van der Waals surface area (Å²) < 4.78 is 24.5. The molecule has 2 heterocycles. The first kappa shape index (κ1) is 23.7. The van der Waals surface area contributed by atoms with Gasteiger partial charge in [0.1, 0.15) is 23.1 Å². The number of morpholine rings is 1. The number of rotatable bonds is 7. The van der Waals surface area contributed by atoms with Crippen molar-refractivity contribution in [1.29, 1.82) is 0 Å². The van der Waals surface area contributed by atoms with Gasteiger partial charge < -0.3 is 24.6 Å². The van der Waals surface area contributed by atoms with E-state index in [1.54, 1.807) is 6.07 Å². The van der Waals surface area contributed by atoms with Gasteiger partial charge in [0.2, 0.25) is 0 Å². The quantitative estimate of drug-likeness (QED) is 0.365. The van der Waals surface area contributed by atoms with Crippen molar-refractivity contribution in [2.45, 2.75) is 12.5 Å². The summed E-state index contributed by atoms with van der Waals surface area (Å²) >= 11 is 0. The molecule has 8 nitrogen and oxygen atoms in total. The molecule has 2 saturated heterocycles. The van der Waals surface area contributed by atoms with E-state index in [2.05, 4.69) is 4.90 Å². The number of carbonyl (C=O) groups excluding carboxylic acids is 2. The van der Waals surface area contributed by atoms with Gasteiger partial charge in [-0.1, -0.05) is 12.1 Å². The fourth-order valence-electron chi connectivity index (χ4n) is 4.41. The van der Waals surface area contributed by atoms with E-state index in [1.807, 2.05) is 0 Å². The summed E-state index contributed by atoms with van der Waals surface area (Å²) in [5.74, 6) is -2.65. The highest BCUT2D eigenvalue weighted by Crippen LogP contribution is 2.41. The number of ketones is 1. The number of methoxy groups -OCH3 is 1. The number of hydrogen-bond acceptors (Lipinski definition) is 7. The van der Waals surface area contributed by atoms with Crippen LogP contribution in [0, 0.1) is 5.82 Å². The van der Waals surface area contributed by atoms with Gasteiger partial charge >= 0.3 is 0 Å². The molecule has 2 fully saturated rings. The van der Waals surface area contributed by atoms with Gasteiger partial charge in [0.15, 0.2) is 0 Å². The molecule has 180 valence electrons. The van der Waals surface area contributed by atoms with Crippen LogP contribution in [0.5, 0.6) is 11.5 Å². The Bertz CT molecular complexity index is 1110. The third kappa shape index (κ3) is 4.76. The number of phenols is 1. The van der Waals surface area contributed by atoms with Gasteiger partial charge in [-0.05, 0) is 36.2 Å². The van der Waals surface area contributed by atoms with Crippen molar-refractivity contribution < 1.29 is 33.7 Å². The van der Waals surface area contributed by atoms with Crippen LogP contribution in [0.15, 0.2) is 48.0 Å². The molecule has 34 heavy (non-hydrogen) atoms. The predicted octanol–water partition coefficient (Wildman–Crippen LogP) is 2.68. The van der Waals surface area contributed by atoms with Crippen LogP contribution in [0.1, 0.15) is 23.6 Å². The Hall–Kier alpha value is -3.43. The third-order valence-corrected chi connectivity index (χ3v) is 6.14. The number of carbonyl (C=O) groups is 2. The average Bonchev–Trinajstić information content (AvgIpc) is 3.09. The third-order valence-electron chi connectivity index (χ3n) is 6.14. The van der Waals surface area contributed by atoms with Gasteiger partial charge in [0, 0.05) is 32.2 Å². The lowest BCUT2D eigenvalue weighted by Crippen LogP contribution is -2.39. The van der Waals surface area contributed by atoms with Crippen LogP contribution in [0.3, 0.4) is 0 Å². The van der Waals surface area contributed by atoms with Gasteiger partial charge in [-0.3, -0.25) is 14.5 Å². The van der Waals surface area contributed by atoms with Crippen molar-refractivity contribution in [3.63, 3.8) is 0 Å². The lowest BCUT2D eigenvalue weighted by Gasteiger charge is -2.29. The van der Waals surface area contributed by atoms with Crippen LogP contribution in [-0.2, 0) is 14.3 Å². The number of likely N-dealkylation sites (tertiary alicyclic amines) is 1. The number of hydrogen-bond donors (Lipinski definition) is 2. The van der Waals surface area contributed by atoms with Crippen molar-refractivity contribution in [1.82, 2.24) is 9.80 Å². The molecule has 0 radical (unpaired) electrons. The largest absolute Gasteiger partial charge is 0.507 e. The molecule has 0 spiro atoms. The van der Waals surface area contributed by atoms with E-state index in [1.165, 1.54) is 48.4 Å². The smallest absolute Gasteiger partial charge is 0.295 e. The molecule has 0 bridgehead atoms. The molecule has 0 saturated carbocycles. The van der Waals surface area contributed by atoms with E-state index >= 15 is 0 Å². The lowest BCUT2D eigenvalue weighted by molar-refractivity contribution is -0.140. The Kier molecular flexibility index (Phi) is 7.14. The minimum Gasteiger partial charge on any atom is -0.507 e. The summed E-state index contributed by atoms with van der Waals surface area (Å²) in [6, 6.07) is 8.84. The Morgan fingerprint density at radius 1 is 1.15 bits per heavy atom. The number of halogens is 1. The summed E-state index contributed by atoms with van der Waals surface area (Å²) in [6.45, 7) is 3.85. The van der Waals surface area contributed by atoms with Crippen molar-refractivity contribution in [2.75, 3.05) is 46.5 Å². The Balaban J connectivity index is 1.70. The summed E-state index contributed by atoms with van der Waals surface area (Å²) in [5, 5.41) is 21.5. The molecule has 0 aromatic heterocycles. The molecule has 2 aromatic rings. The minimum atomic E-state index is -0.984. The lowest BCUT2D eigenvalue weighted by atomic mass is 9.95. The maximum atomic E-state index is 14.1. The molecule has 2 N–H and O–H groups in total. The highest BCUT2D eigenvalue weighted by molar-refractivity contribution is 6.46. The second kappa shape index (κ2) is 10.2. The highest BCUT2D eigenvalue weighted by atomic mass is 19.1. The predicted molar refractivity (Wildman–Crippen MR) is 122 cm³/mol. The number of phenolic OH excluding ortho intramolecular Hbond substituents is 1. The Labute approximate surface area is 196 Å². The summed E-state index contributed by atoms with van der Waals surface area (Å²) in [7, 11) is 1.43. The molecular formula is C25H27FN2O6. The van der Waals surface area contributed by atoms with Crippen LogP contribution in [-0.4, -0.2) is 78.2 Å². The Morgan fingerprint density at radius 2 is 1.91 bits per heavy atom. The maximum absolute atomic E-state index is 14.1. The number of aliphatic hydroxyl groups excluding tert-OH is 1. The average molecular weight is 470 g/mol. The van der Waals surface area contributed by atoms with Crippen molar-refractivity contribution in [3.8, 4) is 11.5 Å². The molecule has 4 rings (SSSR count). The number of ether oxygens (including phenoxy) is 2. The van der Waals surface area contributed by atoms with Gasteiger partial charge in [0.25, 0.3) is 11.7 Å². The molecular weight excluding hydrogens is 443 g/mol. The summed E-state index contributed by atoms with van der Waals surface area (Å²) in [6.07, 6.45) is 0.590. The minimum absolute atomic E-state index is 0.0199. The van der Waals surface area contributed by atoms with Gasteiger partial charge in [-0.2, -0.15) is 0 Å². The van der Waals surface area contributed by atoms with E-state index in [-0.39, 0.29) is 23.4 Å². The number of aromatic hydroxyl groups is 1. The number of nitrogens with zero attached hydrogens (tertiary/aromatic N) is 2. The molecule has 0 aliphatic carbocycles. The monoisotopic (exact) mass is 470 g/mol. The number of amides is 1. The Morgan fingerprint density at radius 3 is 2.59 bits per heavy atom. The first-order valence-electron chi connectivity index (χ1n) is 11.1. The molecule has 1 atom stereocenters. The van der Waals surface area contributed by atoms with Crippen LogP contribution < -0.4 is 4.74 Å². The fourth-order valence-corrected chi connectivity index (χ4v) is 4.41. The number of aliphatic hydroxyl groups is 1. The van der Waals surface area contributed by atoms with Gasteiger partial charge in [-0.25, -0.2) is 4.39 Å². The first-order valence-corrected chi connectivity index (χ1v) is 11.1. The van der Waals surface area contributed by atoms with E-state index in [9.17, 15) is 24.2 Å². The topological polar surface area (TPSA) is 99.5 Å².